The summed E-state index contributed by atoms with van der Waals surface area (Å²) in [4.78, 5) is 15.1. The first-order valence-corrected chi connectivity index (χ1v) is 17.1. The summed E-state index contributed by atoms with van der Waals surface area (Å²) in [5, 5.41) is 8.22. The molecule has 10 bridgehead atoms. The van der Waals surface area contributed by atoms with Crippen LogP contribution in [0.1, 0.15) is 72.2 Å². The number of aromatic amines is 4. The van der Waals surface area contributed by atoms with E-state index in [-0.39, 0.29) is 0 Å². The molecular weight excluding hydrogens is 587 g/mol. The van der Waals surface area contributed by atoms with E-state index >= 15 is 0 Å². The van der Waals surface area contributed by atoms with Gasteiger partial charge in [0.1, 0.15) is 0 Å². The van der Waals surface area contributed by atoms with Crippen LogP contribution in [0.15, 0.2) is 114 Å². The monoisotopic (exact) mass is 627 g/mol. The summed E-state index contributed by atoms with van der Waals surface area (Å²) in [5.41, 5.74) is 15.3. The van der Waals surface area contributed by atoms with Crippen LogP contribution in [0.4, 0.5) is 0 Å². The maximum Gasteiger partial charge on any atom is 0.0485 e. The van der Waals surface area contributed by atoms with Crippen molar-refractivity contribution >= 4 is 29.4 Å². The molecule has 48 heavy (non-hydrogen) atoms. The predicted molar refractivity (Wildman–Crippen MR) is 198 cm³/mol. The maximum atomic E-state index is 3.83. The molecular formula is C43H41N5. The van der Waals surface area contributed by atoms with E-state index in [1.54, 1.807) is 0 Å². The largest absolute Gasteiger partial charge is 0.358 e. The van der Waals surface area contributed by atoms with Gasteiger partial charge in [0.05, 0.1) is 0 Å². The molecule has 2 aromatic carbocycles. The summed E-state index contributed by atoms with van der Waals surface area (Å²) in [6, 6.07) is 34.4. The van der Waals surface area contributed by atoms with Crippen molar-refractivity contribution in [3.05, 3.63) is 180 Å². The molecule has 6 heterocycles. The van der Waals surface area contributed by atoms with E-state index < -0.39 is 0 Å². The van der Waals surface area contributed by atoms with Crippen LogP contribution in [0.5, 0.6) is 0 Å². The van der Waals surface area contributed by atoms with Crippen molar-refractivity contribution in [2.75, 3.05) is 0 Å². The Bertz CT molecular complexity index is 2460. The fraction of sp³-hybridized carbons (Fsp3) is 0.163. The highest BCUT2D eigenvalue weighted by atomic mass is 14.9. The lowest BCUT2D eigenvalue weighted by molar-refractivity contribution is 0.778. The Morgan fingerprint density at radius 2 is 1.15 bits per heavy atom. The molecule has 238 valence electrons. The van der Waals surface area contributed by atoms with Gasteiger partial charge in [-0.3, -0.25) is 0 Å². The third kappa shape index (κ3) is 5.22. The molecule has 0 spiro atoms. The highest BCUT2D eigenvalue weighted by Crippen LogP contribution is 2.33. The molecule has 6 aromatic rings. The second-order valence-corrected chi connectivity index (χ2v) is 12.9. The van der Waals surface area contributed by atoms with Gasteiger partial charge in [-0.1, -0.05) is 81.4 Å². The highest BCUT2D eigenvalue weighted by Gasteiger charge is 2.24. The molecule has 0 radical (unpaired) electrons. The van der Waals surface area contributed by atoms with E-state index in [9.17, 15) is 0 Å². The number of H-pyrrole nitrogens is 4. The zero-order valence-electron chi connectivity index (χ0n) is 28.0. The molecule has 5 nitrogen and oxygen atoms in total. The van der Waals surface area contributed by atoms with Crippen molar-refractivity contribution in [1.29, 1.82) is 0 Å². The molecule has 0 saturated carbocycles. The van der Waals surface area contributed by atoms with Gasteiger partial charge in [0.15, 0.2) is 0 Å². The van der Waals surface area contributed by atoms with E-state index in [1.807, 2.05) is 0 Å². The Balaban J connectivity index is 1.45. The van der Waals surface area contributed by atoms with Crippen LogP contribution in [0.2, 0.25) is 0 Å². The van der Waals surface area contributed by atoms with E-state index in [2.05, 4.69) is 168 Å². The molecule has 2 aliphatic rings. The minimum absolute atomic E-state index is 0.294. The van der Waals surface area contributed by atoms with Gasteiger partial charge in [-0.15, -0.1) is 0 Å². The van der Waals surface area contributed by atoms with Gasteiger partial charge in [-0.2, -0.15) is 0 Å². The Labute approximate surface area is 280 Å². The lowest BCUT2D eigenvalue weighted by Gasteiger charge is -2.09. The number of hydrogen-bond acceptors (Lipinski definition) is 1. The zero-order chi connectivity index (χ0) is 32.8. The Morgan fingerprint density at radius 3 is 1.71 bits per heavy atom. The quantitative estimate of drug-likeness (QED) is 0.158. The van der Waals surface area contributed by atoms with E-state index in [0.29, 0.717) is 5.92 Å². The Hall–Kier alpha value is -5.68. The number of aromatic nitrogens is 4. The number of benzene rings is 2. The molecule has 0 amide bonds. The van der Waals surface area contributed by atoms with Crippen molar-refractivity contribution < 1.29 is 0 Å². The number of nitrogens with one attached hydrogen (secondary N) is 5. The summed E-state index contributed by atoms with van der Waals surface area (Å²) in [6.45, 7) is 9.04. The summed E-state index contributed by atoms with van der Waals surface area (Å²) in [6.07, 6.45) is 8.78. The van der Waals surface area contributed by atoms with E-state index in [0.717, 1.165) is 73.9 Å². The first kappa shape index (κ1) is 29.7. The molecule has 0 fully saturated rings. The van der Waals surface area contributed by atoms with Crippen molar-refractivity contribution in [2.45, 2.75) is 40.5 Å². The molecule has 1 atom stereocenters. The van der Waals surface area contributed by atoms with Crippen molar-refractivity contribution in [3.8, 4) is 0 Å². The van der Waals surface area contributed by atoms with Gasteiger partial charge in [-0.05, 0) is 102 Å². The van der Waals surface area contributed by atoms with Gasteiger partial charge in [0, 0.05) is 72.6 Å². The van der Waals surface area contributed by atoms with Crippen LogP contribution in [0, 0.1) is 12.8 Å². The molecule has 0 aliphatic carbocycles. The minimum atomic E-state index is 0.294. The fourth-order valence-corrected chi connectivity index (χ4v) is 7.51. The topological polar surface area (TPSA) is 75.2 Å². The van der Waals surface area contributed by atoms with Crippen LogP contribution in [0.25, 0.3) is 29.4 Å². The zero-order valence-corrected chi connectivity index (χ0v) is 28.0. The summed E-state index contributed by atoms with van der Waals surface area (Å²) in [5.74, 6) is 0.294. The summed E-state index contributed by atoms with van der Waals surface area (Å²) < 4.78 is 0. The summed E-state index contributed by atoms with van der Waals surface area (Å²) >= 11 is 0. The first-order valence-electron chi connectivity index (χ1n) is 17.1. The number of fused-ring (bicyclic) bond motifs is 10. The predicted octanol–water partition coefficient (Wildman–Crippen LogP) is 6.23. The van der Waals surface area contributed by atoms with Gasteiger partial charge in [0.25, 0.3) is 0 Å². The van der Waals surface area contributed by atoms with E-state index in [4.69, 9.17) is 0 Å². The standard InChI is InChI=1S/C43H41N5/c1-5-32-26(3)38-23-30-17-19-34(44-30)42(28-13-9-7-10-14-28)36-21-22-37(46-36)43(29-15-11-8-12-16-29)35-20-18-31(45-35)24-39-27(4)33(6-2)41(48-39)25-40(32)47-38/h7-26,44-48H,5-6H2,1-4H3. The van der Waals surface area contributed by atoms with Gasteiger partial charge < -0.3 is 25.3 Å². The van der Waals surface area contributed by atoms with Crippen molar-refractivity contribution in [1.82, 2.24) is 25.3 Å². The maximum absolute atomic E-state index is 3.83. The molecule has 8 rings (SSSR count). The molecule has 0 saturated heterocycles. The van der Waals surface area contributed by atoms with E-state index in [1.165, 1.54) is 33.4 Å². The van der Waals surface area contributed by atoms with Crippen LogP contribution in [0.3, 0.4) is 0 Å². The first-order chi connectivity index (χ1) is 23.5. The lowest BCUT2D eigenvalue weighted by atomic mass is 9.97. The molecule has 5 N–H and O–H groups in total. The van der Waals surface area contributed by atoms with Crippen molar-refractivity contribution in [3.63, 3.8) is 0 Å². The number of hydrogen-bond donors (Lipinski definition) is 5. The van der Waals surface area contributed by atoms with Crippen LogP contribution >= 0.6 is 0 Å². The lowest BCUT2D eigenvalue weighted by Crippen LogP contribution is -2.17. The van der Waals surface area contributed by atoms with Crippen molar-refractivity contribution in [2.24, 2.45) is 5.92 Å². The Kier molecular flexibility index (Phi) is 7.53. The normalized spacial score (nSPS) is 15.9. The molecule has 2 aliphatic heterocycles. The average Bonchev–Trinajstić information content (AvgIpc) is 3.94. The second-order valence-electron chi connectivity index (χ2n) is 12.9. The third-order valence-corrected chi connectivity index (χ3v) is 10.0. The minimum Gasteiger partial charge on any atom is -0.358 e. The van der Waals surface area contributed by atoms with Gasteiger partial charge in [0.2, 0.25) is 0 Å². The SMILES string of the molecule is CCC1=C2C=c3[nH]c(c(C)c3CC)=Cc3ccc([nH]3)C(c3ccccc3)=c3ccc([nH]3)=C(c3ccccc3)c3ccc([nH]3)C=C(N2)C1C. The summed E-state index contributed by atoms with van der Waals surface area (Å²) in [7, 11) is 0. The smallest absolute Gasteiger partial charge is 0.0485 e. The third-order valence-electron chi connectivity index (χ3n) is 10.0. The van der Waals surface area contributed by atoms with Gasteiger partial charge >= 0.3 is 0 Å². The number of allylic oxidation sites excluding steroid dienone is 2. The number of rotatable bonds is 4. The average molecular weight is 628 g/mol. The van der Waals surface area contributed by atoms with Crippen LogP contribution in [-0.2, 0) is 6.42 Å². The van der Waals surface area contributed by atoms with Crippen LogP contribution in [-0.4, -0.2) is 19.9 Å². The Morgan fingerprint density at radius 1 is 0.562 bits per heavy atom. The van der Waals surface area contributed by atoms with Crippen LogP contribution < -0.4 is 26.7 Å². The second kappa shape index (κ2) is 12.2. The van der Waals surface area contributed by atoms with Gasteiger partial charge in [-0.25, -0.2) is 0 Å². The highest BCUT2D eigenvalue weighted by molar-refractivity contribution is 5.80. The molecule has 4 aromatic heterocycles. The fourth-order valence-electron chi connectivity index (χ4n) is 7.51. The molecule has 1 unspecified atom stereocenters. The molecule has 5 heteroatoms.